The molecule has 0 bridgehead atoms. The first-order valence-electron chi connectivity index (χ1n) is 10.0. The first-order valence-corrected chi connectivity index (χ1v) is 10.0. The number of carboxylic acids is 2. The van der Waals surface area contributed by atoms with Crippen LogP contribution in [0.5, 0.6) is 11.5 Å². The summed E-state index contributed by atoms with van der Waals surface area (Å²) in [4.78, 5) is 48.2. The quantitative estimate of drug-likeness (QED) is 0.413. The highest BCUT2D eigenvalue weighted by atomic mass is 16.5. The molecule has 0 fully saturated rings. The molecule has 33 heavy (non-hydrogen) atoms. The average molecular weight is 447 g/mol. The van der Waals surface area contributed by atoms with Crippen LogP contribution in [0.25, 0.3) is 0 Å². The Hall–Kier alpha value is -4.46. The summed E-state index contributed by atoms with van der Waals surface area (Å²) in [5.41, 5.74) is -0.0591. The smallest absolute Gasteiger partial charge is 0.336 e. The van der Waals surface area contributed by atoms with Gasteiger partial charge < -0.3 is 20.3 Å². The number of carbonyl (C=O) groups is 4. The maximum absolute atomic E-state index is 12.8. The normalized spacial score (nSPS) is 10.4. The van der Waals surface area contributed by atoms with E-state index in [4.69, 9.17) is 4.74 Å². The number of benzene rings is 3. The van der Waals surface area contributed by atoms with Crippen molar-refractivity contribution in [1.82, 2.24) is 0 Å². The van der Waals surface area contributed by atoms with Gasteiger partial charge in [0.05, 0.1) is 16.7 Å². The zero-order chi connectivity index (χ0) is 24.1. The van der Waals surface area contributed by atoms with E-state index >= 15 is 0 Å². The predicted molar refractivity (Wildman–Crippen MR) is 121 cm³/mol. The van der Waals surface area contributed by atoms with E-state index in [1.165, 1.54) is 0 Å². The summed E-state index contributed by atoms with van der Waals surface area (Å²) in [6, 6.07) is 15.7. The highest BCUT2D eigenvalue weighted by Crippen LogP contribution is 2.25. The molecule has 0 radical (unpaired) electrons. The first kappa shape index (κ1) is 23.2. The Bertz CT molecular complexity index is 1230. The second kappa shape index (κ2) is 9.78. The van der Waals surface area contributed by atoms with Crippen molar-refractivity contribution in [2.75, 3.05) is 5.32 Å². The molecule has 3 rings (SSSR count). The summed E-state index contributed by atoms with van der Waals surface area (Å²) in [5.74, 6) is -3.07. The Balaban J connectivity index is 1.87. The van der Waals surface area contributed by atoms with Crippen LogP contribution in [0.1, 0.15) is 60.3 Å². The lowest BCUT2D eigenvalue weighted by Gasteiger charge is -2.12. The van der Waals surface area contributed by atoms with Gasteiger partial charge in [0.1, 0.15) is 11.5 Å². The number of Topliss-reactive ketones (excluding diaryl/α,β-unsaturated/α-hetero) is 1. The van der Waals surface area contributed by atoms with Crippen molar-refractivity contribution < 1.29 is 34.1 Å². The van der Waals surface area contributed by atoms with Gasteiger partial charge in [-0.15, -0.1) is 0 Å². The molecule has 0 aliphatic heterocycles. The Labute approximate surface area is 189 Å². The highest BCUT2D eigenvalue weighted by molar-refractivity contribution is 6.15. The van der Waals surface area contributed by atoms with Crippen molar-refractivity contribution in [3.05, 3.63) is 88.5 Å². The summed E-state index contributed by atoms with van der Waals surface area (Å²) < 4.78 is 5.74. The fourth-order valence-corrected chi connectivity index (χ4v) is 3.11. The van der Waals surface area contributed by atoms with Crippen LogP contribution in [0.4, 0.5) is 5.69 Å². The number of carbonyl (C=O) groups excluding carboxylic acids is 2. The maximum Gasteiger partial charge on any atom is 0.336 e. The van der Waals surface area contributed by atoms with Crippen molar-refractivity contribution in [3.8, 4) is 11.5 Å². The summed E-state index contributed by atoms with van der Waals surface area (Å²) in [6.07, 6.45) is -0.00377. The fourth-order valence-electron chi connectivity index (χ4n) is 3.11. The number of aryl methyl sites for hydroxylation is 1. The van der Waals surface area contributed by atoms with Crippen LogP contribution in [0.3, 0.4) is 0 Å². The van der Waals surface area contributed by atoms with E-state index in [0.29, 0.717) is 17.2 Å². The third kappa shape index (κ3) is 5.43. The lowest BCUT2D eigenvalue weighted by atomic mass is 9.94. The topological polar surface area (TPSA) is 130 Å². The van der Waals surface area contributed by atoms with E-state index < -0.39 is 34.8 Å². The molecular formula is C25H21NO7. The van der Waals surface area contributed by atoms with Crippen LogP contribution in [0.15, 0.2) is 60.7 Å². The minimum Gasteiger partial charge on any atom is -0.478 e. The second-order valence-electron chi connectivity index (χ2n) is 7.22. The number of anilines is 1. The molecule has 0 heterocycles. The van der Waals surface area contributed by atoms with E-state index in [1.807, 2.05) is 31.2 Å². The van der Waals surface area contributed by atoms with Gasteiger partial charge in [-0.25, -0.2) is 9.59 Å². The van der Waals surface area contributed by atoms with Crippen molar-refractivity contribution in [3.63, 3.8) is 0 Å². The number of ketones is 1. The van der Waals surface area contributed by atoms with Gasteiger partial charge in [0.25, 0.3) is 5.91 Å². The van der Waals surface area contributed by atoms with E-state index in [2.05, 4.69) is 5.32 Å². The second-order valence-corrected chi connectivity index (χ2v) is 7.22. The molecule has 0 unspecified atom stereocenters. The summed E-state index contributed by atoms with van der Waals surface area (Å²) >= 11 is 0. The van der Waals surface area contributed by atoms with Crippen LogP contribution < -0.4 is 10.1 Å². The Morgan fingerprint density at radius 2 is 1.24 bits per heavy atom. The molecule has 0 aliphatic rings. The molecule has 0 atom stereocenters. The fraction of sp³-hybridized carbons (Fsp3) is 0.120. The Morgan fingerprint density at radius 1 is 0.758 bits per heavy atom. The van der Waals surface area contributed by atoms with Gasteiger partial charge in [-0.2, -0.15) is 0 Å². The average Bonchev–Trinajstić information content (AvgIpc) is 2.80. The van der Waals surface area contributed by atoms with Crippen molar-refractivity contribution in [2.45, 2.75) is 20.3 Å². The number of carboxylic acid groups (broad SMARTS) is 2. The van der Waals surface area contributed by atoms with Gasteiger partial charge >= 0.3 is 11.9 Å². The number of nitrogens with one attached hydrogen (secondary N) is 1. The molecule has 168 valence electrons. The zero-order valence-electron chi connectivity index (χ0n) is 17.9. The molecular weight excluding hydrogens is 426 g/mol. The number of ether oxygens (including phenoxy) is 1. The first-order chi connectivity index (χ1) is 15.7. The lowest BCUT2D eigenvalue weighted by molar-refractivity contribution is 0.0689. The summed E-state index contributed by atoms with van der Waals surface area (Å²) in [7, 11) is 0. The van der Waals surface area contributed by atoms with Crippen LogP contribution >= 0.6 is 0 Å². The molecule has 8 heteroatoms. The number of rotatable bonds is 8. The van der Waals surface area contributed by atoms with E-state index in [1.54, 1.807) is 31.2 Å². The van der Waals surface area contributed by atoms with E-state index in [0.717, 1.165) is 17.7 Å². The van der Waals surface area contributed by atoms with Crippen molar-refractivity contribution in [2.24, 2.45) is 0 Å². The Kier molecular flexibility index (Phi) is 6.88. The van der Waals surface area contributed by atoms with Crippen LogP contribution in [0.2, 0.25) is 0 Å². The summed E-state index contributed by atoms with van der Waals surface area (Å²) in [5, 5.41) is 21.4. The molecule has 3 aromatic rings. The van der Waals surface area contributed by atoms with Gasteiger partial charge in [-0.05, 0) is 55.5 Å². The van der Waals surface area contributed by atoms with E-state index in [-0.39, 0.29) is 17.5 Å². The van der Waals surface area contributed by atoms with Crippen molar-refractivity contribution in [1.29, 1.82) is 0 Å². The van der Waals surface area contributed by atoms with Gasteiger partial charge in [0.2, 0.25) is 0 Å². The molecule has 0 aromatic heterocycles. The molecule has 0 saturated heterocycles. The third-order valence-corrected chi connectivity index (χ3v) is 4.85. The minimum atomic E-state index is -1.49. The maximum atomic E-state index is 12.8. The van der Waals surface area contributed by atoms with Gasteiger partial charge in [0, 0.05) is 17.7 Å². The van der Waals surface area contributed by atoms with Crippen LogP contribution in [-0.2, 0) is 0 Å². The number of amides is 1. The highest BCUT2D eigenvalue weighted by Gasteiger charge is 2.25. The molecule has 3 aromatic carbocycles. The number of hydrogen-bond donors (Lipinski definition) is 3. The van der Waals surface area contributed by atoms with Gasteiger partial charge in [-0.3, -0.25) is 9.59 Å². The lowest BCUT2D eigenvalue weighted by Crippen LogP contribution is -2.20. The molecule has 8 nitrogen and oxygen atoms in total. The number of hydrogen-bond acceptors (Lipinski definition) is 5. The largest absolute Gasteiger partial charge is 0.478 e. The molecule has 0 spiro atoms. The zero-order valence-corrected chi connectivity index (χ0v) is 17.9. The molecule has 1 amide bonds. The molecule has 3 N–H and O–H groups in total. The standard InChI is InChI=1S/C25H21NO7/c1-3-22(27)18-12-19(21(25(31)32)13-20(18)24(29)30)23(28)26-15-6-10-17(11-7-15)33-16-8-4-14(2)5-9-16/h4-13H,3H2,1-2H3,(H,26,28)(H,29,30)(H,31,32). The van der Waals surface area contributed by atoms with Crippen molar-refractivity contribution >= 4 is 29.3 Å². The summed E-state index contributed by atoms with van der Waals surface area (Å²) in [6.45, 7) is 3.51. The van der Waals surface area contributed by atoms with Gasteiger partial charge in [-0.1, -0.05) is 24.6 Å². The predicted octanol–water partition coefficient (Wildman–Crippen LogP) is 5.03. The monoisotopic (exact) mass is 447 g/mol. The number of aromatic carboxylic acids is 2. The SMILES string of the molecule is CCC(=O)c1cc(C(=O)Nc2ccc(Oc3ccc(C)cc3)cc2)c(C(=O)O)cc1C(=O)O. The van der Waals surface area contributed by atoms with E-state index in [9.17, 15) is 29.4 Å². The van der Waals surface area contributed by atoms with Crippen LogP contribution in [-0.4, -0.2) is 33.8 Å². The minimum absolute atomic E-state index is 0.00377. The molecule has 0 aliphatic carbocycles. The third-order valence-electron chi connectivity index (χ3n) is 4.85. The van der Waals surface area contributed by atoms with Gasteiger partial charge in [0.15, 0.2) is 5.78 Å². The molecule has 0 saturated carbocycles. The van der Waals surface area contributed by atoms with Crippen LogP contribution in [0, 0.1) is 6.92 Å². The Morgan fingerprint density at radius 3 is 1.76 bits per heavy atom.